The third-order valence-electron chi connectivity index (χ3n) is 9.47. The van der Waals surface area contributed by atoms with Gasteiger partial charge in [0.2, 0.25) is 0 Å². The summed E-state index contributed by atoms with van der Waals surface area (Å²) in [5, 5.41) is 4.50. The number of fused-ring (bicyclic) bond motifs is 6. The standard InChI is InChI=1S/C45H28N4O/c1-4-15-29(16-5-1)40-36(45-47-43(30-17-6-2-7-18-30)46-44(48-45)31-19-8-3-9-20-31)28-27-35-34-23-14-26-39(41(34)50-42(35)40)49-37-24-12-10-21-32(37)33-22-11-13-25-38(33)49/h1-28H. The Hall–Kier alpha value is -6.85. The zero-order valence-electron chi connectivity index (χ0n) is 26.9. The number of hydrogen-bond acceptors (Lipinski definition) is 4. The van der Waals surface area contributed by atoms with Crippen molar-refractivity contribution in [3.05, 3.63) is 170 Å². The van der Waals surface area contributed by atoms with E-state index in [1.807, 2.05) is 66.7 Å². The van der Waals surface area contributed by atoms with E-state index >= 15 is 0 Å². The van der Waals surface area contributed by atoms with Crippen LogP contribution in [0.1, 0.15) is 0 Å². The molecular formula is C45H28N4O. The highest BCUT2D eigenvalue weighted by Gasteiger charge is 2.23. The van der Waals surface area contributed by atoms with Gasteiger partial charge in [-0.1, -0.05) is 140 Å². The van der Waals surface area contributed by atoms with Gasteiger partial charge in [0, 0.05) is 43.8 Å². The molecule has 10 rings (SSSR count). The summed E-state index contributed by atoms with van der Waals surface area (Å²) in [6.07, 6.45) is 0. The molecule has 0 aliphatic carbocycles. The molecule has 7 aromatic carbocycles. The van der Waals surface area contributed by atoms with E-state index in [0.717, 1.165) is 66.5 Å². The van der Waals surface area contributed by atoms with E-state index in [0.29, 0.717) is 17.5 Å². The van der Waals surface area contributed by atoms with Gasteiger partial charge < -0.3 is 8.98 Å². The largest absolute Gasteiger partial charge is 0.453 e. The minimum Gasteiger partial charge on any atom is -0.453 e. The average Bonchev–Trinajstić information content (AvgIpc) is 3.74. The molecule has 5 heteroatoms. The topological polar surface area (TPSA) is 56.7 Å². The molecule has 0 amide bonds. The smallest absolute Gasteiger partial charge is 0.164 e. The predicted molar refractivity (Wildman–Crippen MR) is 203 cm³/mol. The maximum atomic E-state index is 7.09. The molecule has 0 N–H and O–H groups in total. The predicted octanol–water partition coefficient (Wildman–Crippen LogP) is 11.5. The lowest BCUT2D eigenvalue weighted by atomic mass is 9.96. The van der Waals surface area contributed by atoms with Crippen LogP contribution in [0, 0.1) is 0 Å². The van der Waals surface area contributed by atoms with Gasteiger partial charge in [-0.25, -0.2) is 15.0 Å². The van der Waals surface area contributed by atoms with Gasteiger partial charge in [-0.2, -0.15) is 0 Å². The molecule has 0 saturated carbocycles. The van der Waals surface area contributed by atoms with E-state index in [1.54, 1.807) is 0 Å². The van der Waals surface area contributed by atoms with Crippen LogP contribution >= 0.6 is 0 Å². The molecule has 234 valence electrons. The SMILES string of the molecule is c1ccc(-c2nc(-c3ccccc3)nc(-c3ccc4c(oc5c(-n6c7ccccc7c7ccccc76)cccc54)c3-c3ccccc3)n2)cc1. The molecule has 10 aromatic rings. The van der Waals surface area contributed by atoms with Crippen molar-refractivity contribution in [1.29, 1.82) is 0 Å². The molecule has 0 atom stereocenters. The van der Waals surface area contributed by atoms with E-state index in [9.17, 15) is 0 Å². The molecular weight excluding hydrogens is 613 g/mol. The monoisotopic (exact) mass is 640 g/mol. The maximum absolute atomic E-state index is 7.09. The third-order valence-corrected chi connectivity index (χ3v) is 9.47. The summed E-state index contributed by atoms with van der Waals surface area (Å²) in [6, 6.07) is 58.4. The van der Waals surface area contributed by atoms with Crippen LogP contribution in [0.3, 0.4) is 0 Å². The van der Waals surface area contributed by atoms with Crippen molar-refractivity contribution in [2.45, 2.75) is 0 Å². The first-order chi connectivity index (χ1) is 24.8. The summed E-state index contributed by atoms with van der Waals surface area (Å²) in [7, 11) is 0. The quantitative estimate of drug-likeness (QED) is 0.188. The van der Waals surface area contributed by atoms with E-state index in [1.165, 1.54) is 10.8 Å². The van der Waals surface area contributed by atoms with Crippen LogP contribution < -0.4 is 0 Å². The van der Waals surface area contributed by atoms with Crippen LogP contribution in [-0.4, -0.2) is 19.5 Å². The van der Waals surface area contributed by atoms with Gasteiger partial charge in [0.25, 0.3) is 0 Å². The summed E-state index contributed by atoms with van der Waals surface area (Å²) < 4.78 is 9.41. The number of hydrogen-bond donors (Lipinski definition) is 0. The Morgan fingerprint density at radius 3 is 1.44 bits per heavy atom. The normalized spacial score (nSPS) is 11.6. The van der Waals surface area contributed by atoms with E-state index < -0.39 is 0 Å². The van der Waals surface area contributed by atoms with Crippen molar-refractivity contribution in [2.75, 3.05) is 0 Å². The highest BCUT2D eigenvalue weighted by molar-refractivity contribution is 6.16. The lowest BCUT2D eigenvalue weighted by Crippen LogP contribution is -2.01. The molecule has 0 radical (unpaired) electrons. The molecule has 3 heterocycles. The third kappa shape index (κ3) is 4.45. The first-order valence-corrected chi connectivity index (χ1v) is 16.7. The lowest BCUT2D eigenvalue weighted by Gasteiger charge is -2.12. The van der Waals surface area contributed by atoms with E-state index in [2.05, 4.69) is 108 Å². The van der Waals surface area contributed by atoms with Gasteiger partial charge in [-0.05, 0) is 35.9 Å². The molecule has 5 nitrogen and oxygen atoms in total. The Morgan fingerprint density at radius 1 is 0.360 bits per heavy atom. The van der Waals surface area contributed by atoms with Crippen LogP contribution in [0.2, 0.25) is 0 Å². The molecule has 0 fully saturated rings. The molecule has 0 bridgehead atoms. The summed E-state index contributed by atoms with van der Waals surface area (Å²) in [5.41, 5.74) is 9.58. The fourth-order valence-corrected chi connectivity index (χ4v) is 7.21. The second-order valence-electron chi connectivity index (χ2n) is 12.4. The highest BCUT2D eigenvalue weighted by Crippen LogP contribution is 2.44. The number of furan rings is 1. The Labute approximate surface area is 287 Å². The Kier molecular flexibility index (Phi) is 6.42. The fraction of sp³-hybridized carbons (Fsp3) is 0. The number of para-hydroxylation sites is 3. The zero-order valence-corrected chi connectivity index (χ0v) is 26.9. The van der Waals surface area contributed by atoms with E-state index in [-0.39, 0.29) is 0 Å². The molecule has 0 unspecified atom stereocenters. The van der Waals surface area contributed by atoms with Gasteiger partial charge >= 0.3 is 0 Å². The van der Waals surface area contributed by atoms with Gasteiger partial charge in [0.15, 0.2) is 23.1 Å². The van der Waals surface area contributed by atoms with Gasteiger partial charge in [-0.3, -0.25) is 0 Å². The van der Waals surface area contributed by atoms with Crippen LogP contribution in [0.4, 0.5) is 0 Å². The molecule has 0 saturated heterocycles. The van der Waals surface area contributed by atoms with Crippen molar-refractivity contribution in [1.82, 2.24) is 19.5 Å². The molecule has 3 aromatic heterocycles. The van der Waals surface area contributed by atoms with Gasteiger partial charge in [0.1, 0.15) is 5.58 Å². The lowest BCUT2D eigenvalue weighted by molar-refractivity contribution is 0.667. The summed E-state index contributed by atoms with van der Waals surface area (Å²) in [4.78, 5) is 15.1. The second-order valence-corrected chi connectivity index (χ2v) is 12.4. The maximum Gasteiger partial charge on any atom is 0.164 e. The molecule has 50 heavy (non-hydrogen) atoms. The average molecular weight is 641 g/mol. The van der Waals surface area contributed by atoms with Crippen molar-refractivity contribution in [3.63, 3.8) is 0 Å². The van der Waals surface area contributed by atoms with Crippen LogP contribution in [0.25, 0.3) is 94.7 Å². The number of nitrogens with zero attached hydrogens (tertiary/aromatic N) is 4. The van der Waals surface area contributed by atoms with Crippen LogP contribution in [0.15, 0.2) is 174 Å². The molecule has 0 aliphatic rings. The molecule has 0 spiro atoms. The Morgan fingerprint density at radius 2 is 0.840 bits per heavy atom. The summed E-state index contributed by atoms with van der Waals surface area (Å²) in [6.45, 7) is 0. The first kappa shape index (κ1) is 28.2. The number of rotatable bonds is 5. The number of benzene rings is 7. The molecule has 0 aliphatic heterocycles. The van der Waals surface area contributed by atoms with Gasteiger partial charge in [0.05, 0.1) is 16.7 Å². The van der Waals surface area contributed by atoms with Crippen molar-refractivity contribution in [2.24, 2.45) is 0 Å². The Balaban J connectivity index is 1.28. The van der Waals surface area contributed by atoms with Crippen LogP contribution in [0.5, 0.6) is 0 Å². The van der Waals surface area contributed by atoms with Crippen molar-refractivity contribution >= 4 is 43.7 Å². The zero-order chi connectivity index (χ0) is 33.0. The second kappa shape index (κ2) is 11.4. The minimum atomic E-state index is 0.585. The van der Waals surface area contributed by atoms with Crippen molar-refractivity contribution < 1.29 is 4.42 Å². The van der Waals surface area contributed by atoms with E-state index in [4.69, 9.17) is 19.4 Å². The first-order valence-electron chi connectivity index (χ1n) is 16.7. The highest BCUT2D eigenvalue weighted by atomic mass is 16.3. The van der Waals surface area contributed by atoms with Crippen LogP contribution in [-0.2, 0) is 0 Å². The fourth-order valence-electron chi connectivity index (χ4n) is 7.21. The summed E-state index contributed by atoms with van der Waals surface area (Å²) >= 11 is 0. The summed E-state index contributed by atoms with van der Waals surface area (Å²) in [5.74, 6) is 1.82. The Bertz CT molecular complexity index is 2750. The van der Waals surface area contributed by atoms with Crippen molar-refractivity contribution in [3.8, 4) is 51.0 Å². The number of aromatic nitrogens is 4. The van der Waals surface area contributed by atoms with Gasteiger partial charge in [-0.15, -0.1) is 0 Å². The minimum absolute atomic E-state index is 0.585.